The fourth-order valence-corrected chi connectivity index (χ4v) is 1.49. The lowest BCUT2D eigenvalue weighted by Gasteiger charge is -2.03. The molecule has 1 rings (SSSR count). The van der Waals surface area contributed by atoms with Crippen LogP contribution in [0.25, 0.3) is 0 Å². The van der Waals surface area contributed by atoms with E-state index >= 15 is 0 Å². The largest absolute Gasteiger partial charge is 0.276 e. The molecule has 0 saturated carbocycles. The number of hydrogen-bond acceptors (Lipinski definition) is 4. The van der Waals surface area contributed by atoms with Gasteiger partial charge in [0, 0.05) is 11.6 Å². The average molecular weight is 225 g/mol. The third-order valence-electron chi connectivity index (χ3n) is 1.95. The van der Waals surface area contributed by atoms with Crippen molar-refractivity contribution in [3.8, 4) is 6.07 Å². The maximum absolute atomic E-state index is 11.0. The number of benzene rings is 1. The minimum absolute atomic E-state index is 0.0399. The van der Waals surface area contributed by atoms with Crippen molar-refractivity contribution >= 4 is 22.5 Å². The van der Waals surface area contributed by atoms with Crippen molar-refractivity contribution in [2.45, 2.75) is 6.92 Å². The minimum atomic E-state index is -0.868. The predicted octanol–water partition coefficient (Wildman–Crippen LogP) is 2.15. The second kappa shape index (κ2) is 4.07. The summed E-state index contributed by atoms with van der Waals surface area (Å²) in [6, 6.07) is 4.14. The summed E-state index contributed by atoms with van der Waals surface area (Å²) in [5.74, 6) is 0. The Hall–Kier alpha value is -1.93. The average Bonchev–Trinajstić information content (AvgIpc) is 2.15. The number of carbonyl (C=O) groups excluding carboxylic acids is 1. The molecule has 0 aromatic heterocycles. The molecule has 0 fully saturated rings. The van der Waals surface area contributed by atoms with E-state index in [9.17, 15) is 14.9 Å². The van der Waals surface area contributed by atoms with E-state index in [0.717, 1.165) is 0 Å². The highest BCUT2D eigenvalue weighted by Gasteiger charge is 2.20. The normalized spacial score (nSPS) is 9.40. The molecule has 0 amide bonds. The van der Waals surface area contributed by atoms with Gasteiger partial charge >= 0.3 is 0 Å². The molecule has 0 aliphatic heterocycles. The summed E-state index contributed by atoms with van der Waals surface area (Å²) in [5.41, 5.74) is -0.177. The van der Waals surface area contributed by atoms with Crippen LogP contribution >= 0.6 is 11.6 Å². The van der Waals surface area contributed by atoms with Gasteiger partial charge in [0.1, 0.15) is 0 Å². The second-order valence-electron chi connectivity index (χ2n) is 2.77. The molecule has 0 saturated heterocycles. The number of hydrogen-bond donors (Lipinski definition) is 0. The van der Waals surface area contributed by atoms with Gasteiger partial charge in [-0.1, -0.05) is 0 Å². The molecule has 0 heterocycles. The molecule has 0 aliphatic rings. The number of nitriles is 1. The first kappa shape index (κ1) is 11.1. The van der Waals surface area contributed by atoms with Crippen LogP contribution < -0.4 is 0 Å². The second-order valence-corrected chi connectivity index (χ2v) is 3.12. The van der Waals surface area contributed by atoms with E-state index in [-0.39, 0.29) is 22.4 Å². The molecule has 15 heavy (non-hydrogen) atoms. The summed E-state index contributed by atoms with van der Waals surface area (Å²) >= 11 is 5.26. The van der Waals surface area contributed by atoms with E-state index < -0.39 is 10.2 Å². The van der Waals surface area contributed by atoms with Crippen molar-refractivity contribution in [1.82, 2.24) is 0 Å². The summed E-state index contributed by atoms with van der Waals surface area (Å²) < 4.78 is 0. The van der Waals surface area contributed by atoms with E-state index in [0.29, 0.717) is 0 Å². The third-order valence-corrected chi connectivity index (χ3v) is 2.14. The van der Waals surface area contributed by atoms with Crippen molar-refractivity contribution in [2.75, 3.05) is 0 Å². The maximum atomic E-state index is 11.0. The lowest BCUT2D eigenvalue weighted by Crippen LogP contribution is -2.02. The summed E-state index contributed by atoms with van der Waals surface area (Å²) in [7, 11) is 0. The Morgan fingerprint density at radius 3 is 2.60 bits per heavy atom. The van der Waals surface area contributed by atoms with Gasteiger partial charge in [-0.05, 0) is 24.6 Å². The minimum Gasteiger partial charge on any atom is -0.276 e. The van der Waals surface area contributed by atoms with Crippen LogP contribution in [0.5, 0.6) is 0 Å². The summed E-state index contributed by atoms with van der Waals surface area (Å²) in [6.45, 7) is 1.38. The molecule has 76 valence electrons. The standard InChI is InChI=1S/C9H5ClN2O3/c1-5-7(12(14)15)3-2-6(4-11)8(5)9(10)13/h2-3H,1H3. The molecule has 0 bridgehead atoms. The molecular weight excluding hydrogens is 220 g/mol. The molecule has 1 aromatic rings. The smallest absolute Gasteiger partial charge is 0.273 e. The molecule has 0 unspecified atom stereocenters. The quantitative estimate of drug-likeness (QED) is 0.438. The van der Waals surface area contributed by atoms with Gasteiger partial charge in [0.15, 0.2) is 0 Å². The molecule has 0 atom stereocenters. The SMILES string of the molecule is Cc1c([N+](=O)[O-])ccc(C#N)c1C(=O)Cl. The van der Waals surface area contributed by atoms with Gasteiger partial charge < -0.3 is 0 Å². The predicted molar refractivity (Wildman–Crippen MR) is 52.7 cm³/mol. The maximum Gasteiger partial charge on any atom is 0.273 e. The summed E-state index contributed by atoms with van der Waals surface area (Å²) in [6.07, 6.45) is 0. The number of rotatable bonds is 2. The molecule has 6 heteroatoms. The molecular formula is C9H5ClN2O3. The Morgan fingerprint density at radius 1 is 1.60 bits per heavy atom. The Bertz CT molecular complexity index is 491. The van der Waals surface area contributed by atoms with Crippen LogP contribution in [0, 0.1) is 28.4 Å². The van der Waals surface area contributed by atoms with Crippen molar-refractivity contribution in [3.63, 3.8) is 0 Å². The Kier molecular flexibility index (Phi) is 3.02. The van der Waals surface area contributed by atoms with E-state index in [1.54, 1.807) is 6.07 Å². The lowest BCUT2D eigenvalue weighted by atomic mass is 10.0. The highest BCUT2D eigenvalue weighted by Crippen LogP contribution is 2.25. The topological polar surface area (TPSA) is 84.0 Å². The fraction of sp³-hybridized carbons (Fsp3) is 0.111. The molecule has 5 nitrogen and oxygen atoms in total. The highest BCUT2D eigenvalue weighted by atomic mass is 35.5. The van der Waals surface area contributed by atoms with Crippen LogP contribution in [0.1, 0.15) is 21.5 Å². The van der Waals surface area contributed by atoms with Gasteiger partial charge in [-0.15, -0.1) is 0 Å². The van der Waals surface area contributed by atoms with Gasteiger partial charge in [-0.3, -0.25) is 14.9 Å². The van der Waals surface area contributed by atoms with Crippen LogP contribution in [0.3, 0.4) is 0 Å². The van der Waals surface area contributed by atoms with Crippen molar-refractivity contribution in [2.24, 2.45) is 0 Å². The lowest BCUT2D eigenvalue weighted by molar-refractivity contribution is -0.385. The first-order chi connectivity index (χ1) is 6.99. The summed E-state index contributed by atoms with van der Waals surface area (Å²) in [4.78, 5) is 21.0. The van der Waals surface area contributed by atoms with Crippen LogP contribution in [-0.4, -0.2) is 10.2 Å². The molecule has 0 radical (unpaired) electrons. The van der Waals surface area contributed by atoms with Gasteiger partial charge in [-0.25, -0.2) is 0 Å². The van der Waals surface area contributed by atoms with Crippen molar-refractivity contribution < 1.29 is 9.72 Å². The van der Waals surface area contributed by atoms with Gasteiger partial charge in [0.05, 0.1) is 22.1 Å². The van der Waals surface area contributed by atoms with E-state index in [4.69, 9.17) is 16.9 Å². The van der Waals surface area contributed by atoms with Crippen LogP contribution in [0.4, 0.5) is 5.69 Å². The highest BCUT2D eigenvalue weighted by molar-refractivity contribution is 6.68. The fourth-order valence-electron chi connectivity index (χ4n) is 1.24. The number of nitro benzene ring substituents is 1. The van der Waals surface area contributed by atoms with Crippen LogP contribution in [0.2, 0.25) is 0 Å². The van der Waals surface area contributed by atoms with Crippen molar-refractivity contribution in [1.29, 1.82) is 5.26 Å². The first-order valence-corrected chi connectivity index (χ1v) is 4.24. The van der Waals surface area contributed by atoms with Gasteiger partial charge in [-0.2, -0.15) is 5.26 Å². The Balaban J connectivity index is 3.58. The Labute approximate surface area is 90.0 Å². The Morgan fingerprint density at radius 2 is 2.20 bits per heavy atom. The number of carbonyl (C=O) groups is 1. The molecule has 0 aliphatic carbocycles. The van der Waals surface area contributed by atoms with Crippen LogP contribution in [0.15, 0.2) is 12.1 Å². The van der Waals surface area contributed by atoms with Gasteiger partial charge in [0.2, 0.25) is 0 Å². The molecule has 0 spiro atoms. The zero-order valence-corrected chi connectivity index (χ0v) is 8.41. The number of nitrogens with zero attached hydrogens (tertiary/aromatic N) is 2. The number of nitro groups is 1. The number of halogens is 1. The monoisotopic (exact) mass is 224 g/mol. The zero-order valence-electron chi connectivity index (χ0n) is 7.65. The van der Waals surface area contributed by atoms with Crippen molar-refractivity contribution in [3.05, 3.63) is 38.9 Å². The molecule has 0 N–H and O–H groups in total. The zero-order chi connectivity index (χ0) is 11.6. The third kappa shape index (κ3) is 1.95. The van der Waals surface area contributed by atoms with E-state index in [1.165, 1.54) is 19.1 Å². The van der Waals surface area contributed by atoms with E-state index in [2.05, 4.69) is 0 Å². The van der Waals surface area contributed by atoms with E-state index in [1.807, 2.05) is 0 Å². The van der Waals surface area contributed by atoms with Gasteiger partial charge in [0.25, 0.3) is 10.9 Å². The first-order valence-electron chi connectivity index (χ1n) is 3.87. The summed E-state index contributed by atoms with van der Waals surface area (Å²) in [5, 5.41) is 18.4. The molecule has 1 aromatic carbocycles. The van der Waals surface area contributed by atoms with Crippen LogP contribution in [-0.2, 0) is 0 Å².